The Labute approximate surface area is 441 Å². The molecule has 0 amide bonds. The van der Waals surface area contributed by atoms with Gasteiger partial charge < -0.3 is 68.1 Å². The lowest BCUT2D eigenvalue weighted by Gasteiger charge is -2.30. The number of quaternary nitrogens is 2. The number of carbonyl (C=O) groups is 4. The van der Waals surface area contributed by atoms with Gasteiger partial charge in [-0.3, -0.25) is 0 Å². The summed E-state index contributed by atoms with van der Waals surface area (Å²) in [4.78, 5) is 45.7. The van der Waals surface area contributed by atoms with Gasteiger partial charge in [-0.2, -0.15) is 13.2 Å². The normalized spacial score (nSPS) is 19.3. The van der Waals surface area contributed by atoms with Crippen molar-refractivity contribution in [3.63, 3.8) is 0 Å². The molecule has 0 aliphatic carbocycles. The largest absolute Gasteiger partial charge is 0.554 e. The fourth-order valence-corrected chi connectivity index (χ4v) is 11.8. The highest BCUT2D eigenvalue weighted by Crippen LogP contribution is 2.39. The van der Waals surface area contributed by atoms with Crippen molar-refractivity contribution in [1.82, 2.24) is 0 Å². The van der Waals surface area contributed by atoms with E-state index in [1.807, 2.05) is 57.9 Å². The second-order valence-corrected chi connectivity index (χ2v) is 21.5. The van der Waals surface area contributed by atoms with Crippen LogP contribution in [0.2, 0.25) is 0 Å². The standard InChI is InChI=1S/2C24H27NO5S2.C2HF3O2.CH2O2/c2*1-25(11-5-13-29-19-7-2-6-18(26)16-19)12-10-20(17-25)30-23(27)24(28,21-8-3-14-31-21)22-9-4-15-32-22;3-2(4,5)1(6)7;2-1-3/h2*2-4,6-9,14-16,20,28H,5,10-13,17H2,1H3;(H,6,7);1H,(H,2,3). The first-order valence-corrected chi connectivity index (χ1v) is 26.5. The zero-order valence-corrected chi connectivity index (χ0v) is 43.6. The average molecular weight is 1110 g/mol. The lowest BCUT2D eigenvalue weighted by Crippen LogP contribution is -2.45. The molecule has 2 saturated heterocycles. The van der Waals surface area contributed by atoms with Crippen molar-refractivity contribution < 1.29 is 90.9 Å². The van der Waals surface area contributed by atoms with E-state index < -0.39 is 41.8 Å². The van der Waals surface area contributed by atoms with E-state index in [9.17, 15) is 43.2 Å². The van der Waals surface area contributed by atoms with E-state index in [2.05, 4.69) is 14.1 Å². The van der Waals surface area contributed by atoms with Crippen molar-refractivity contribution >= 4 is 69.7 Å². The Balaban J connectivity index is 0.000000232. The minimum atomic E-state index is -5.19. The van der Waals surface area contributed by atoms with E-state index in [4.69, 9.17) is 38.7 Å². The predicted octanol–water partition coefficient (Wildman–Crippen LogP) is 5.63. The zero-order valence-electron chi connectivity index (χ0n) is 40.3. The number of rotatable bonds is 18. The van der Waals surface area contributed by atoms with E-state index >= 15 is 0 Å². The lowest BCUT2D eigenvalue weighted by atomic mass is 10.00. The van der Waals surface area contributed by atoms with Crippen molar-refractivity contribution in [2.24, 2.45) is 0 Å². The monoisotopic (exact) mass is 1110 g/mol. The molecular weight excluding hydrogens is 1050 g/mol. The van der Waals surface area contributed by atoms with Crippen LogP contribution in [-0.4, -0.2) is 139 Å². The van der Waals surface area contributed by atoms with Crippen molar-refractivity contribution in [2.75, 3.05) is 66.6 Å². The van der Waals surface area contributed by atoms with Crippen molar-refractivity contribution in [2.45, 2.75) is 55.3 Å². The number of hydrogen-bond acceptors (Lipinski definition) is 18. The summed E-state index contributed by atoms with van der Waals surface area (Å²) in [5.41, 5.74) is -3.52. The maximum absolute atomic E-state index is 13.2. The number of hydrogen-bond donors (Lipinski definition) is 4. The number of aromatic hydroxyl groups is 2. The number of alkyl halides is 3. The SMILES string of the molecule is C[N+]1(CCCOc2cccc(O)c2)CCC(OC(=O)C(O)(c2cccs2)c2cccs2)C1.C[N+]1(CCCOc2cccc(O)c2)CCC(OC(=O)C(O)(c2cccs2)c2cccs2)C1.O=C([O-])C(F)(F)F.O=C[O-]. The number of aliphatic hydroxyl groups is 2. The Bertz CT molecular complexity index is 2420. The molecule has 400 valence electrons. The van der Waals surface area contributed by atoms with Crippen LogP contribution in [0.25, 0.3) is 0 Å². The second kappa shape index (κ2) is 26.9. The van der Waals surface area contributed by atoms with Crippen LogP contribution >= 0.6 is 45.3 Å². The van der Waals surface area contributed by atoms with E-state index in [1.54, 1.807) is 60.7 Å². The number of benzene rings is 2. The Hall–Kier alpha value is -6.05. The van der Waals surface area contributed by atoms with Gasteiger partial charge in [0.25, 0.3) is 0 Å². The van der Waals surface area contributed by atoms with Gasteiger partial charge in [-0.15, -0.1) is 45.3 Å². The van der Waals surface area contributed by atoms with E-state index in [1.165, 1.54) is 45.3 Å². The number of ether oxygens (including phenoxy) is 4. The van der Waals surface area contributed by atoms with Crippen LogP contribution < -0.4 is 19.7 Å². The molecule has 6 heterocycles. The van der Waals surface area contributed by atoms with Gasteiger partial charge >= 0.3 is 18.1 Å². The molecule has 0 bridgehead atoms. The number of carboxylic acid groups (broad SMARTS) is 2. The van der Waals surface area contributed by atoms with Crippen LogP contribution in [0.15, 0.2) is 119 Å². The van der Waals surface area contributed by atoms with Crippen LogP contribution in [0.4, 0.5) is 13.2 Å². The van der Waals surface area contributed by atoms with Gasteiger partial charge in [0.1, 0.15) is 42.1 Å². The number of likely N-dealkylation sites (tertiary alicyclic amines) is 2. The zero-order chi connectivity index (χ0) is 54.0. The molecule has 2 fully saturated rings. The molecule has 4 unspecified atom stereocenters. The van der Waals surface area contributed by atoms with Gasteiger partial charge in [0.15, 0.2) is 12.2 Å². The van der Waals surface area contributed by atoms with Gasteiger partial charge in [0, 0.05) is 44.3 Å². The number of aliphatic carboxylic acids is 1. The summed E-state index contributed by atoms with van der Waals surface area (Å²) < 4.78 is 56.3. The number of nitrogens with zero attached hydrogens (tertiary/aromatic N) is 2. The van der Waals surface area contributed by atoms with Crippen LogP contribution in [-0.2, 0) is 39.9 Å². The topological polar surface area (TPSA) is 232 Å². The first-order chi connectivity index (χ1) is 35.1. The van der Waals surface area contributed by atoms with Gasteiger partial charge in [0.2, 0.25) is 11.2 Å². The predicted molar refractivity (Wildman–Crippen MR) is 267 cm³/mol. The molecule has 0 spiro atoms. The number of esters is 2. The number of carboxylic acids is 1. The van der Waals surface area contributed by atoms with Crippen LogP contribution in [0.1, 0.15) is 45.2 Å². The molecule has 6 aromatic rings. The molecule has 23 heteroatoms. The molecule has 4 atom stereocenters. The number of phenols is 2. The molecule has 2 aliphatic rings. The molecule has 16 nitrogen and oxygen atoms in total. The number of carbonyl (C=O) groups excluding carboxylic acids is 4. The smallest absolute Gasteiger partial charge is 0.430 e. The highest BCUT2D eigenvalue weighted by Gasteiger charge is 2.48. The number of phenolic OH excluding ortho intramolecular Hbond substituents is 2. The average Bonchev–Trinajstić information content (AvgIpc) is 4.21. The Kier molecular flexibility index (Phi) is 21.4. The summed E-state index contributed by atoms with van der Waals surface area (Å²) in [6.45, 7) is 5.63. The van der Waals surface area contributed by atoms with Crippen LogP contribution in [0.5, 0.6) is 23.0 Å². The first-order valence-electron chi connectivity index (χ1n) is 23.0. The summed E-state index contributed by atoms with van der Waals surface area (Å²) in [6.07, 6.45) is -2.43. The molecule has 8 rings (SSSR count). The number of halogens is 3. The second-order valence-electron chi connectivity index (χ2n) is 17.7. The Morgan fingerprint density at radius 1 is 0.635 bits per heavy atom. The molecule has 0 radical (unpaired) electrons. The number of thiophene rings is 4. The third-order valence-corrected chi connectivity index (χ3v) is 15.9. The minimum Gasteiger partial charge on any atom is -0.554 e. The Morgan fingerprint density at radius 3 is 1.23 bits per heavy atom. The third-order valence-electron chi connectivity index (χ3n) is 12.0. The summed E-state index contributed by atoms with van der Waals surface area (Å²) in [5.74, 6) is -2.52. The molecule has 4 aromatic heterocycles. The van der Waals surface area contributed by atoms with Crippen LogP contribution in [0, 0.1) is 0 Å². The van der Waals surface area contributed by atoms with Gasteiger partial charge in [0.05, 0.1) is 73.0 Å². The van der Waals surface area contributed by atoms with Gasteiger partial charge in [-0.1, -0.05) is 36.4 Å². The molecule has 2 aliphatic heterocycles. The highest BCUT2D eigenvalue weighted by molar-refractivity contribution is 7.12. The summed E-state index contributed by atoms with van der Waals surface area (Å²) in [6, 6.07) is 28.0. The van der Waals surface area contributed by atoms with Gasteiger partial charge in [-0.05, 0) is 70.1 Å². The van der Waals surface area contributed by atoms with Crippen molar-refractivity contribution in [3.05, 3.63) is 138 Å². The van der Waals surface area contributed by atoms with Crippen molar-refractivity contribution in [3.8, 4) is 23.0 Å². The van der Waals surface area contributed by atoms with Crippen LogP contribution in [0.3, 0.4) is 0 Å². The fourth-order valence-electron chi connectivity index (χ4n) is 8.33. The summed E-state index contributed by atoms with van der Waals surface area (Å²) >= 11 is 5.40. The Morgan fingerprint density at radius 2 is 0.959 bits per heavy atom. The highest BCUT2D eigenvalue weighted by atomic mass is 32.1. The fraction of sp³-hybridized carbons (Fsp3) is 0.373. The number of likely N-dealkylation sites (N-methyl/N-ethyl adjacent to an activating group) is 2. The molecule has 74 heavy (non-hydrogen) atoms. The van der Waals surface area contributed by atoms with Gasteiger partial charge in [-0.25, -0.2) is 9.59 Å². The molecule has 4 N–H and O–H groups in total. The van der Waals surface area contributed by atoms with E-state index in [0.717, 1.165) is 60.8 Å². The van der Waals surface area contributed by atoms with Crippen molar-refractivity contribution in [1.29, 1.82) is 0 Å². The summed E-state index contributed by atoms with van der Waals surface area (Å²) in [5, 5.41) is 66.3. The first kappa shape index (κ1) is 58.8. The van der Waals surface area contributed by atoms with E-state index in [0.29, 0.717) is 57.3 Å². The molecule has 0 saturated carbocycles. The molecular formula is C51H57F3N2O14S4. The maximum atomic E-state index is 13.2. The lowest BCUT2D eigenvalue weighted by molar-refractivity contribution is -0.899. The summed E-state index contributed by atoms with van der Waals surface area (Å²) in [7, 11) is 4.32. The third kappa shape index (κ3) is 16.5. The maximum Gasteiger partial charge on any atom is 0.430 e. The van der Waals surface area contributed by atoms with E-state index in [-0.39, 0.29) is 23.7 Å². The molecule has 2 aromatic carbocycles. The minimum absolute atomic E-state index is 0.191. The quantitative estimate of drug-likeness (QED) is 0.0354.